The Morgan fingerprint density at radius 2 is 2.29 bits per heavy atom. The summed E-state index contributed by atoms with van der Waals surface area (Å²) in [7, 11) is 0. The van der Waals surface area contributed by atoms with E-state index in [4.69, 9.17) is 9.47 Å². The highest BCUT2D eigenvalue weighted by molar-refractivity contribution is 14.1. The second-order valence-electron chi connectivity index (χ2n) is 4.50. The fourth-order valence-corrected chi connectivity index (χ4v) is 2.35. The summed E-state index contributed by atoms with van der Waals surface area (Å²) in [5, 5.41) is 0. The lowest BCUT2D eigenvalue weighted by Crippen LogP contribution is -2.28. The van der Waals surface area contributed by atoms with Gasteiger partial charge in [0.25, 0.3) is 0 Å². The van der Waals surface area contributed by atoms with E-state index in [0.717, 1.165) is 24.1 Å². The van der Waals surface area contributed by atoms with E-state index in [0.29, 0.717) is 17.6 Å². The van der Waals surface area contributed by atoms with Gasteiger partial charge in [-0.1, -0.05) is 29.5 Å². The number of hydrogen-bond donors (Lipinski definition) is 0. The largest absolute Gasteiger partial charge is 0.378 e. The summed E-state index contributed by atoms with van der Waals surface area (Å²) in [6, 6.07) is 0. The summed E-state index contributed by atoms with van der Waals surface area (Å²) in [6.07, 6.45) is 3.11. The zero-order valence-corrected chi connectivity index (χ0v) is 11.5. The Hall–Kier alpha value is 0.650. The second kappa shape index (κ2) is 5.66. The molecule has 0 aromatic carbocycles. The molecular weight excluding hydrogens is 291 g/mol. The minimum atomic E-state index is 0.292. The molecule has 0 aliphatic carbocycles. The summed E-state index contributed by atoms with van der Waals surface area (Å²) in [5.41, 5.74) is 0.292. The minimum absolute atomic E-state index is 0.292. The summed E-state index contributed by atoms with van der Waals surface area (Å²) in [6.45, 7) is 8.16. The van der Waals surface area contributed by atoms with Gasteiger partial charge in [-0.25, -0.2) is 0 Å². The Labute approximate surface area is 101 Å². The lowest BCUT2D eigenvalue weighted by Gasteiger charge is -2.26. The minimum Gasteiger partial charge on any atom is -0.378 e. The molecule has 2 atom stereocenters. The average Bonchev–Trinajstić information content (AvgIpc) is 2.59. The molecule has 84 valence electrons. The first kappa shape index (κ1) is 12.7. The second-order valence-corrected chi connectivity index (χ2v) is 5.39. The van der Waals surface area contributed by atoms with Crippen LogP contribution >= 0.6 is 22.6 Å². The molecule has 1 fully saturated rings. The van der Waals surface area contributed by atoms with E-state index in [-0.39, 0.29) is 0 Å². The van der Waals surface area contributed by atoms with E-state index < -0.39 is 0 Å². The van der Waals surface area contributed by atoms with Crippen molar-refractivity contribution in [3.63, 3.8) is 0 Å². The molecule has 1 aliphatic heterocycles. The van der Waals surface area contributed by atoms with Crippen molar-refractivity contribution in [3.05, 3.63) is 0 Å². The highest BCUT2D eigenvalue weighted by Crippen LogP contribution is 2.37. The molecule has 0 amide bonds. The van der Waals surface area contributed by atoms with Crippen LogP contribution in [0, 0.1) is 5.41 Å². The van der Waals surface area contributed by atoms with E-state index >= 15 is 0 Å². The predicted molar refractivity (Wildman–Crippen MR) is 67.1 cm³/mol. The van der Waals surface area contributed by atoms with Crippen molar-refractivity contribution in [2.75, 3.05) is 17.6 Å². The average molecular weight is 312 g/mol. The topological polar surface area (TPSA) is 18.5 Å². The van der Waals surface area contributed by atoms with Crippen LogP contribution < -0.4 is 0 Å². The Balaban J connectivity index is 2.43. The van der Waals surface area contributed by atoms with Crippen molar-refractivity contribution in [2.45, 2.75) is 45.8 Å². The number of alkyl halides is 1. The Morgan fingerprint density at radius 1 is 1.57 bits per heavy atom. The Kier molecular flexibility index (Phi) is 5.14. The third-order valence-corrected chi connectivity index (χ3v) is 3.91. The molecule has 3 heteroatoms. The van der Waals surface area contributed by atoms with Crippen LogP contribution in [0.3, 0.4) is 0 Å². The highest BCUT2D eigenvalue weighted by Gasteiger charge is 2.38. The fraction of sp³-hybridized carbons (Fsp3) is 1.00. The van der Waals surface area contributed by atoms with Crippen molar-refractivity contribution < 1.29 is 9.47 Å². The van der Waals surface area contributed by atoms with E-state index in [1.54, 1.807) is 0 Å². The van der Waals surface area contributed by atoms with Gasteiger partial charge in [0, 0.05) is 9.84 Å². The van der Waals surface area contributed by atoms with Crippen molar-refractivity contribution >= 4 is 22.6 Å². The van der Waals surface area contributed by atoms with E-state index in [9.17, 15) is 0 Å². The van der Waals surface area contributed by atoms with E-state index in [2.05, 4.69) is 43.4 Å². The van der Waals surface area contributed by atoms with Crippen LogP contribution in [0.4, 0.5) is 0 Å². The zero-order valence-electron chi connectivity index (χ0n) is 9.38. The summed E-state index contributed by atoms with van der Waals surface area (Å²) < 4.78 is 12.6. The normalized spacial score (nSPS) is 32.8. The fourth-order valence-electron chi connectivity index (χ4n) is 1.79. The number of halogens is 1. The van der Waals surface area contributed by atoms with Crippen LogP contribution in [-0.4, -0.2) is 29.8 Å². The highest BCUT2D eigenvalue weighted by atomic mass is 127. The molecule has 0 spiro atoms. The van der Waals surface area contributed by atoms with Crippen LogP contribution in [0.15, 0.2) is 0 Å². The van der Waals surface area contributed by atoms with Gasteiger partial charge in [0.2, 0.25) is 0 Å². The van der Waals surface area contributed by atoms with Gasteiger partial charge in [0.1, 0.15) is 0 Å². The monoisotopic (exact) mass is 312 g/mol. The zero-order chi connectivity index (χ0) is 10.6. The maximum atomic E-state index is 5.75. The molecule has 1 aliphatic rings. The van der Waals surface area contributed by atoms with Crippen molar-refractivity contribution in [1.29, 1.82) is 0 Å². The molecule has 0 N–H and O–H groups in total. The van der Waals surface area contributed by atoms with Gasteiger partial charge >= 0.3 is 0 Å². The number of hydrogen-bond acceptors (Lipinski definition) is 2. The first-order chi connectivity index (χ1) is 6.62. The van der Waals surface area contributed by atoms with Crippen LogP contribution in [0.1, 0.15) is 33.6 Å². The van der Waals surface area contributed by atoms with Crippen molar-refractivity contribution in [2.24, 2.45) is 5.41 Å². The first-order valence-corrected chi connectivity index (χ1v) is 6.93. The molecule has 14 heavy (non-hydrogen) atoms. The number of rotatable bonds is 5. The molecule has 1 saturated heterocycles. The molecule has 0 saturated carbocycles. The van der Waals surface area contributed by atoms with Crippen LogP contribution in [0.2, 0.25) is 0 Å². The van der Waals surface area contributed by atoms with Crippen LogP contribution in [0.25, 0.3) is 0 Å². The Morgan fingerprint density at radius 3 is 2.71 bits per heavy atom. The molecule has 0 aromatic rings. The van der Waals surface area contributed by atoms with Crippen molar-refractivity contribution in [3.8, 4) is 0 Å². The third-order valence-electron chi connectivity index (χ3n) is 2.93. The SMILES string of the molecule is CC[C@]1(COC(C)C)CO[C@H](CI)C1. The molecule has 1 heterocycles. The summed E-state index contributed by atoms with van der Waals surface area (Å²) in [5.74, 6) is 0. The molecule has 0 radical (unpaired) electrons. The molecule has 0 unspecified atom stereocenters. The van der Waals surface area contributed by atoms with Gasteiger partial charge in [-0.3, -0.25) is 0 Å². The lowest BCUT2D eigenvalue weighted by molar-refractivity contribution is -0.00114. The van der Waals surface area contributed by atoms with E-state index in [1.807, 2.05) is 0 Å². The van der Waals surface area contributed by atoms with E-state index in [1.165, 1.54) is 6.42 Å². The lowest BCUT2D eigenvalue weighted by atomic mass is 9.84. The molecule has 1 rings (SSSR count). The smallest absolute Gasteiger partial charge is 0.0671 e. The van der Waals surface area contributed by atoms with Gasteiger partial charge in [0.15, 0.2) is 0 Å². The van der Waals surface area contributed by atoms with Gasteiger partial charge in [-0.05, 0) is 26.7 Å². The van der Waals surface area contributed by atoms with Crippen LogP contribution in [-0.2, 0) is 9.47 Å². The summed E-state index contributed by atoms with van der Waals surface area (Å²) >= 11 is 2.40. The predicted octanol–water partition coefficient (Wildman–Crippen LogP) is 3.03. The maximum Gasteiger partial charge on any atom is 0.0671 e. The first-order valence-electron chi connectivity index (χ1n) is 5.41. The molecule has 0 bridgehead atoms. The Bertz CT molecular complexity index is 173. The van der Waals surface area contributed by atoms with Gasteiger partial charge in [-0.2, -0.15) is 0 Å². The van der Waals surface area contributed by atoms with Gasteiger partial charge in [-0.15, -0.1) is 0 Å². The van der Waals surface area contributed by atoms with Crippen LogP contribution in [0.5, 0.6) is 0 Å². The maximum absolute atomic E-state index is 5.75. The standard InChI is InChI=1S/C11H21IO2/c1-4-11(7-13-9(2)3)5-10(6-12)14-8-11/h9-10H,4-8H2,1-3H3/t10-,11-/m0/s1. The third kappa shape index (κ3) is 3.35. The quantitative estimate of drug-likeness (QED) is 0.574. The number of ether oxygens (including phenoxy) is 2. The summed E-state index contributed by atoms with van der Waals surface area (Å²) in [4.78, 5) is 0. The molecule has 2 nitrogen and oxygen atoms in total. The van der Waals surface area contributed by atoms with Gasteiger partial charge < -0.3 is 9.47 Å². The molecular formula is C11H21IO2. The van der Waals surface area contributed by atoms with Crippen molar-refractivity contribution in [1.82, 2.24) is 0 Å². The molecule has 0 aromatic heterocycles. The van der Waals surface area contributed by atoms with Gasteiger partial charge in [0.05, 0.1) is 25.4 Å².